The predicted octanol–water partition coefficient (Wildman–Crippen LogP) is 2.37. The van der Waals surface area contributed by atoms with E-state index in [1.807, 2.05) is 0 Å². The van der Waals surface area contributed by atoms with E-state index in [0.29, 0.717) is 0 Å². The number of aryl methyl sites for hydroxylation is 2. The molecule has 3 rings (SSSR count). The molecular formula is C17H26N4. The van der Waals surface area contributed by atoms with Gasteiger partial charge in [-0.1, -0.05) is 38.8 Å². The van der Waals surface area contributed by atoms with Gasteiger partial charge >= 0.3 is 0 Å². The van der Waals surface area contributed by atoms with Crippen molar-refractivity contribution in [3.63, 3.8) is 0 Å². The molecule has 0 saturated heterocycles. The minimum atomic E-state index is 0.880. The fourth-order valence-electron chi connectivity index (χ4n) is 3.33. The standard InChI is InChI=1S/C17H26N4/c1-3-5-13-7-8-14(6-4-2)16-12-21(11-15(13)16)20-17-18-9-10-19-17/h7-8H,3-6,9-12H2,1-2H3,(H2,18,19,20). The quantitative estimate of drug-likeness (QED) is 0.873. The first-order chi connectivity index (χ1) is 10.3. The topological polar surface area (TPSA) is 39.7 Å². The van der Waals surface area contributed by atoms with Gasteiger partial charge in [0.2, 0.25) is 5.96 Å². The first-order valence-corrected chi connectivity index (χ1v) is 8.24. The third-order valence-electron chi connectivity index (χ3n) is 4.30. The van der Waals surface area contributed by atoms with Gasteiger partial charge < -0.3 is 5.32 Å². The summed E-state index contributed by atoms with van der Waals surface area (Å²) in [6.07, 6.45) is 4.78. The van der Waals surface area contributed by atoms with Crippen molar-refractivity contribution in [2.75, 3.05) is 13.1 Å². The van der Waals surface area contributed by atoms with Gasteiger partial charge in [0.05, 0.1) is 6.54 Å². The smallest absolute Gasteiger partial charge is 0.206 e. The van der Waals surface area contributed by atoms with E-state index >= 15 is 0 Å². The van der Waals surface area contributed by atoms with Gasteiger partial charge in [-0.05, 0) is 35.1 Å². The van der Waals surface area contributed by atoms with E-state index in [9.17, 15) is 0 Å². The fraction of sp³-hybridized carbons (Fsp3) is 0.588. The second-order valence-corrected chi connectivity index (χ2v) is 5.97. The van der Waals surface area contributed by atoms with E-state index < -0.39 is 0 Å². The summed E-state index contributed by atoms with van der Waals surface area (Å²) in [5, 5.41) is 5.58. The predicted molar refractivity (Wildman–Crippen MR) is 87.1 cm³/mol. The van der Waals surface area contributed by atoms with Gasteiger partial charge in [-0.3, -0.25) is 10.4 Å². The van der Waals surface area contributed by atoms with E-state index in [1.54, 1.807) is 11.1 Å². The van der Waals surface area contributed by atoms with Crippen molar-refractivity contribution in [2.24, 2.45) is 4.99 Å². The Morgan fingerprint density at radius 1 is 1.10 bits per heavy atom. The maximum atomic E-state index is 4.43. The van der Waals surface area contributed by atoms with Gasteiger partial charge in [-0.2, -0.15) is 0 Å². The van der Waals surface area contributed by atoms with Crippen molar-refractivity contribution < 1.29 is 0 Å². The maximum Gasteiger partial charge on any atom is 0.206 e. The number of hydrogen-bond acceptors (Lipinski definition) is 4. The third-order valence-corrected chi connectivity index (χ3v) is 4.30. The monoisotopic (exact) mass is 286 g/mol. The Morgan fingerprint density at radius 3 is 2.19 bits per heavy atom. The van der Waals surface area contributed by atoms with E-state index in [1.165, 1.54) is 36.8 Å². The maximum absolute atomic E-state index is 4.43. The third kappa shape index (κ3) is 3.05. The molecular weight excluding hydrogens is 260 g/mol. The van der Waals surface area contributed by atoms with Gasteiger partial charge in [0, 0.05) is 19.6 Å². The lowest BCUT2D eigenvalue weighted by atomic mass is 9.94. The molecule has 0 aromatic heterocycles. The number of hydrogen-bond donors (Lipinski definition) is 2. The zero-order valence-corrected chi connectivity index (χ0v) is 13.2. The van der Waals surface area contributed by atoms with Crippen LogP contribution in [0.2, 0.25) is 0 Å². The molecule has 114 valence electrons. The summed E-state index contributed by atoms with van der Waals surface area (Å²) in [5.41, 5.74) is 9.59. The van der Waals surface area contributed by atoms with Gasteiger partial charge in [0.1, 0.15) is 0 Å². The number of nitrogens with one attached hydrogen (secondary N) is 2. The van der Waals surface area contributed by atoms with Crippen LogP contribution in [0.5, 0.6) is 0 Å². The van der Waals surface area contributed by atoms with Crippen molar-refractivity contribution in [1.82, 2.24) is 15.8 Å². The Labute approximate surface area is 127 Å². The van der Waals surface area contributed by atoms with Crippen LogP contribution in [0, 0.1) is 0 Å². The van der Waals surface area contributed by atoms with Gasteiger partial charge in [-0.15, -0.1) is 0 Å². The molecule has 0 bridgehead atoms. The summed E-state index contributed by atoms with van der Waals surface area (Å²) in [4.78, 5) is 4.43. The molecule has 2 aliphatic heterocycles. The molecule has 4 heteroatoms. The van der Waals surface area contributed by atoms with Crippen LogP contribution in [0.4, 0.5) is 0 Å². The first kappa shape index (κ1) is 14.4. The molecule has 4 nitrogen and oxygen atoms in total. The van der Waals surface area contributed by atoms with E-state index in [-0.39, 0.29) is 0 Å². The summed E-state index contributed by atoms with van der Waals surface area (Å²) in [6, 6.07) is 4.70. The molecule has 0 aliphatic carbocycles. The molecule has 0 unspecified atom stereocenters. The number of hydrazine groups is 1. The lowest BCUT2D eigenvalue weighted by Crippen LogP contribution is -2.43. The summed E-state index contributed by atoms with van der Waals surface area (Å²) < 4.78 is 0. The van der Waals surface area contributed by atoms with Crippen molar-refractivity contribution in [1.29, 1.82) is 0 Å². The normalized spacial score (nSPS) is 17.5. The summed E-state index contributed by atoms with van der Waals surface area (Å²) in [5.74, 6) is 0.928. The molecule has 2 N–H and O–H groups in total. The zero-order valence-electron chi connectivity index (χ0n) is 13.2. The Kier molecular flexibility index (Phi) is 4.44. The molecule has 0 saturated carbocycles. The minimum absolute atomic E-state index is 0.880. The van der Waals surface area contributed by atoms with E-state index in [0.717, 1.165) is 32.1 Å². The molecule has 0 radical (unpaired) electrons. The highest BCUT2D eigenvalue weighted by atomic mass is 15.6. The average molecular weight is 286 g/mol. The SMILES string of the molecule is CCCc1ccc(CCC)c2c1CN(NC1=NCCN1)C2. The second-order valence-electron chi connectivity index (χ2n) is 5.97. The second kappa shape index (κ2) is 6.48. The van der Waals surface area contributed by atoms with Gasteiger partial charge in [-0.25, -0.2) is 5.01 Å². The van der Waals surface area contributed by atoms with Crippen LogP contribution < -0.4 is 10.7 Å². The van der Waals surface area contributed by atoms with Crippen molar-refractivity contribution in [3.8, 4) is 0 Å². The largest absolute Gasteiger partial charge is 0.353 e. The Balaban J connectivity index is 1.80. The number of fused-ring (bicyclic) bond motifs is 1. The minimum Gasteiger partial charge on any atom is -0.353 e. The number of benzene rings is 1. The summed E-state index contributed by atoms with van der Waals surface area (Å²) >= 11 is 0. The van der Waals surface area contributed by atoms with Crippen LogP contribution >= 0.6 is 0 Å². The molecule has 1 aromatic rings. The van der Waals surface area contributed by atoms with Gasteiger partial charge in [0.15, 0.2) is 0 Å². The molecule has 1 aromatic carbocycles. The van der Waals surface area contributed by atoms with Crippen LogP contribution in [0.15, 0.2) is 17.1 Å². The number of guanidine groups is 1. The Morgan fingerprint density at radius 2 is 1.71 bits per heavy atom. The Bertz CT molecular complexity index is 501. The average Bonchev–Trinajstić information content (AvgIpc) is 3.12. The molecule has 21 heavy (non-hydrogen) atoms. The number of nitrogens with zero attached hydrogens (tertiary/aromatic N) is 2. The first-order valence-electron chi connectivity index (χ1n) is 8.24. The zero-order chi connectivity index (χ0) is 14.7. The number of rotatable bonds is 5. The lowest BCUT2D eigenvalue weighted by Gasteiger charge is -2.17. The highest BCUT2D eigenvalue weighted by Crippen LogP contribution is 2.29. The molecule has 0 amide bonds. The molecule has 2 aliphatic rings. The van der Waals surface area contributed by atoms with Crippen LogP contribution in [-0.4, -0.2) is 24.1 Å². The van der Waals surface area contributed by atoms with Gasteiger partial charge in [0.25, 0.3) is 0 Å². The van der Waals surface area contributed by atoms with Crippen molar-refractivity contribution in [2.45, 2.75) is 52.6 Å². The fourth-order valence-corrected chi connectivity index (χ4v) is 3.33. The van der Waals surface area contributed by atoms with Crippen LogP contribution in [0.25, 0.3) is 0 Å². The molecule has 0 atom stereocenters. The molecule has 2 heterocycles. The van der Waals surface area contributed by atoms with Crippen molar-refractivity contribution >= 4 is 5.96 Å². The highest BCUT2D eigenvalue weighted by Gasteiger charge is 2.25. The highest BCUT2D eigenvalue weighted by molar-refractivity contribution is 5.80. The number of aliphatic imine (C=N–C) groups is 1. The summed E-state index contributed by atoms with van der Waals surface area (Å²) in [6.45, 7) is 8.32. The van der Waals surface area contributed by atoms with E-state index in [4.69, 9.17) is 0 Å². The summed E-state index contributed by atoms with van der Waals surface area (Å²) in [7, 11) is 0. The lowest BCUT2D eigenvalue weighted by molar-refractivity contribution is 0.239. The molecule has 0 fully saturated rings. The Hall–Kier alpha value is -1.55. The van der Waals surface area contributed by atoms with Crippen molar-refractivity contribution in [3.05, 3.63) is 34.4 Å². The van der Waals surface area contributed by atoms with Crippen LogP contribution in [-0.2, 0) is 25.9 Å². The van der Waals surface area contributed by atoms with Crippen LogP contribution in [0.3, 0.4) is 0 Å². The van der Waals surface area contributed by atoms with E-state index in [2.05, 4.69) is 46.7 Å². The van der Waals surface area contributed by atoms with Crippen LogP contribution in [0.1, 0.15) is 48.9 Å². The molecule has 0 spiro atoms.